The van der Waals surface area contributed by atoms with Crippen LogP contribution in [-0.4, -0.2) is 42.8 Å². The zero-order valence-electron chi connectivity index (χ0n) is 15.3. The highest BCUT2D eigenvalue weighted by Crippen LogP contribution is 2.41. The average Bonchev–Trinajstić information content (AvgIpc) is 3.16. The van der Waals surface area contributed by atoms with Crippen molar-refractivity contribution in [3.8, 4) is 5.75 Å². The molecule has 0 radical (unpaired) electrons. The molecule has 0 spiro atoms. The quantitative estimate of drug-likeness (QED) is 0.895. The molecule has 4 rings (SSSR count). The molecule has 1 aromatic carbocycles. The van der Waals surface area contributed by atoms with Crippen LogP contribution in [0.4, 0.5) is 11.4 Å². The summed E-state index contributed by atoms with van der Waals surface area (Å²) < 4.78 is 11.6. The van der Waals surface area contributed by atoms with Crippen LogP contribution >= 0.6 is 11.3 Å². The smallest absolute Gasteiger partial charge is 0.275 e. The molecule has 0 aliphatic carbocycles. The minimum atomic E-state index is -0.223. The molecule has 7 heteroatoms. The van der Waals surface area contributed by atoms with Gasteiger partial charge in [0.25, 0.3) is 5.91 Å². The van der Waals surface area contributed by atoms with Crippen molar-refractivity contribution in [2.75, 3.05) is 36.5 Å². The molecule has 1 amide bonds. The predicted octanol–water partition coefficient (Wildman–Crippen LogP) is 3.25. The Balaban J connectivity index is 1.68. The van der Waals surface area contributed by atoms with Gasteiger partial charge in [-0.15, -0.1) is 11.3 Å². The molecule has 138 valence electrons. The number of nitrogens with zero attached hydrogens (tertiary/aromatic N) is 2. The van der Waals surface area contributed by atoms with E-state index in [0.29, 0.717) is 18.9 Å². The predicted molar refractivity (Wildman–Crippen MR) is 103 cm³/mol. The maximum absolute atomic E-state index is 12.6. The molecular weight excluding hydrogens is 350 g/mol. The second kappa shape index (κ2) is 6.55. The Hall–Kier alpha value is -2.12. The average molecular weight is 373 g/mol. The van der Waals surface area contributed by atoms with Gasteiger partial charge in [-0.2, -0.15) is 0 Å². The normalized spacial score (nSPS) is 18.3. The molecule has 26 heavy (non-hydrogen) atoms. The SMILES string of the molecule is Cc1nc(C(=O)Nc2cc3c(cc2N2CCOCC2)OC(C)(C)C3)cs1. The lowest BCUT2D eigenvalue weighted by Crippen LogP contribution is -2.36. The van der Waals surface area contributed by atoms with Gasteiger partial charge in [0, 0.05) is 36.5 Å². The summed E-state index contributed by atoms with van der Waals surface area (Å²) >= 11 is 1.48. The number of aryl methyl sites for hydroxylation is 1. The van der Waals surface area contributed by atoms with E-state index in [1.165, 1.54) is 11.3 Å². The molecule has 1 saturated heterocycles. The summed E-state index contributed by atoms with van der Waals surface area (Å²) in [6, 6.07) is 4.10. The summed E-state index contributed by atoms with van der Waals surface area (Å²) in [4.78, 5) is 19.2. The molecule has 2 aliphatic rings. The number of carbonyl (C=O) groups is 1. The van der Waals surface area contributed by atoms with Crippen LogP contribution in [0.1, 0.15) is 34.9 Å². The van der Waals surface area contributed by atoms with Crippen molar-refractivity contribution in [2.24, 2.45) is 0 Å². The lowest BCUT2D eigenvalue weighted by Gasteiger charge is -2.31. The third kappa shape index (κ3) is 3.41. The molecule has 0 bridgehead atoms. The zero-order chi connectivity index (χ0) is 18.3. The largest absolute Gasteiger partial charge is 0.487 e. The molecule has 0 saturated carbocycles. The van der Waals surface area contributed by atoms with Gasteiger partial charge in [0.15, 0.2) is 0 Å². The van der Waals surface area contributed by atoms with Gasteiger partial charge in [-0.1, -0.05) is 0 Å². The number of nitrogens with one attached hydrogen (secondary N) is 1. The van der Waals surface area contributed by atoms with Gasteiger partial charge in [0.05, 0.1) is 29.6 Å². The van der Waals surface area contributed by atoms with Crippen molar-refractivity contribution >= 4 is 28.6 Å². The second-order valence-corrected chi connectivity index (χ2v) is 8.38. The van der Waals surface area contributed by atoms with Crippen molar-refractivity contribution in [3.05, 3.63) is 33.8 Å². The molecule has 1 aromatic heterocycles. The Labute approximate surface area is 157 Å². The highest BCUT2D eigenvalue weighted by molar-refractivity contribution is 7.09. The van der Waals surface area contributed by atoms with Gasteiger partial charge in [0.2, 0.25) is 0 Å². The first-order valence-electron chi connectivity index (χ1n) is 8.83. The third-order valence-corrected chi connectivity index (χ3v) is 5.41. The van der Waals surface area contributed by atoms with Crippen molar-refractivity contribution in [3.63, 3.8) is 0 Å². The Morgan fingerprint density at radius 3 is 2.77 bits per heavy atom. The van der Waals surface area contributed by atoms with Crippen molar-refractivity contribution in [2.45, 2.75) is 32.8 Å². The molecule has 1 fully saturated rings. The lowest BCUT2D eigenvalue weighted by molar-refractivity contribution is 0.102. The number of benzene rings is 1. The highest BCUT2D eigenvalue weighted by atomic mass is 32.1. The molecule has 6 nitrogen and oxygen atoms in total. The fourth-order valence-corrected chi connectivity index (χ4v) is 4.05. The van der Waals surface area contributed by atoms with Crippen LogP contribution in [-0.2, 0) is 11.2 Å². The number of ether oxygens (including phenoxy) is 2. The molecule has 1 N–H and O–H groups in total. The highest BCUT2D eigenvalue weighted by Gasteiger charge is 2.32. The Bertz CT molecular complexity index is 841. The number of aromatic nitrogens is 1. The zero-order valence-corrected chi connectivity index (χ0v) is 16.1. The minimum absolute atomic E-state index is 0.179. The Kier molecular flexibility index (Phi) is 4.36. The van der Waals surface area contributed by atoms with E-state index in [4.69, 9.17) is 9.47 Å². The number of thiazole rings is 1. The first kappa shape index (κ1) is 17.3. The molecule has 3 heterocycles. The van der Waals surface area contributed by atoms with Crippen LogP contribution in [0.25, 0.3) is 0 Å². The number of rotatable bonds is 3. The standard InChI is InChI=1S/C19H23N3O3S/c1-12-20-15(11-26-12)18(23)21-14-8-13-10-19(2,3)25-17(13)9-16(14)22-4-6-24-7-5-22/h8-9,11H,4-7,10H2,1-3H3,(H,21,23). The first-order chi connectivity index (χ1) is 12.4. The van der Waals surface area contributed by atoms with Gasteiger partial charge in [-0.3, -0.25) is 4.79 Å². The van der Waals surface area contributed by atoms with Crippen molar-refractivity contribution < 1.29 is 14.3 Å². The summed E-state index contributed by atoms with van der Waals surface area (Å²) in [5, 5.41) is 5.73. The number of hydrogen-bond acceptors (Lipinski definition) is 6. The van der Waals surface area contributed by atoms with Crippen molar-refractivity contribution in [1.82, 2.24) is 4.98 Å². The monoisotopic (exact) mass is 373 g/mol. The van der Waals surface area contributed by atoms with Gasteiger partial charge >= 0.3 is 0 Å². The first-order valence-corrected chi connectivity index (χ1v) is 9.71. The second-order valence-electron chi connectivity index (χ2n) is 7.32. The fraction of sp³-hybridized carbons (Fsp3) is 0.474. The Morgan fingerprint density at radius 2 is 2.08 bits per heavy atom. The van der Waals surface area contributed by atoms with E-state index in [2.05, 4.69) is 35.1 Å². The number of morpholine rings is 1. The van der Waals surface area contributed by atoms with Crippen LogP contribution in [0.5, 0.6) is 5.75 Å². The number of carbonyl (C=O) groups excluding carboxylic acids is 1. The van der Waals surface area contributed by atoms with Crippen LogP contribution in [0.2, 0.25) is 0 Å². The summed E-state index contributed by atoms with van der Waals surface area (Å²) in [6.07, 6.45) is 0.824. The van der Waals surface area contributed by atoms with Crippen LogP contribution < -0.4 is 15.0 Å². The van der Waals surface area contributed by atoms with Gasteiger partial charge in [0.1, 0.15) is 17.0 Å². The van der Waals surface area contributed by atoms with E-state index in [9.17, 15) is 4.79 Å². The van der Waals surface area contributed by atoms with E-state index < -0.39 is 0 Å². The summed E-state index contributed by atoms with van der Waals surface area (Å²) in [6.45, 7) is 9.01. The van der Waals surface area contributed by atoms with Crippen molar-refractivity contribution in [1.29, 1.82) is 0 Å². The minimum Gasteiger partial charge on any atom is -0.487 e. The fourth-order valence-electron chi connectivity index (χ4n) is 3.46. The molecule has 2 aromatic rings. The van der Waals surface area contributed by atoms with E-state index >= 15 is 0 Å². The van der Waals surface area contributed by atoms with E-state index in [0.717, 1.165) is 47.2 Å². The molecule has 0 atom stereocenters. The van der Waals surface area contributed by atoms with E-state index in [1.807, 2.05) is 13.0 Å². The van der Waals surface area contributed by atoms with Gasteiger partial charge < -0.3 is 19.7 Å². The topological polar surface area (TPSA) is 63.7 Å². The third-order valence-electron chi connectivity index (χ3n) is 4.63. The number of fused-ring (bicyclic) bond motifs is 1. The molecule has 0 unspecified atom stereocenters. The van der Waals surface area contributed by atoms with Gasteiger partial charge in [-0.05, 0) is 26.8 Å². The summed E-state index contributed by atoms with van der Waals surface area (Å²) in [5.41, 5.74) is 3.14. The summed E-state index contributed by atoms with van der Waals surface area (Å²) in [7, 11) is 0. The van der Waals surface area contributed by atoms with E-state index in [1.54, 1.807) is 5.38 Å². The van der Waals surface area contributed by atoms with E-state index in [-0.39, 0.29) is 11.5 Å². The summed E-state index contributed by atoms with van der Waals surface area (Å²) in [5.74, 6) is 0.723. The molecular formula is C19H23N3O3S. The Morgan fingerprint density at radius 1 is 1.31 bits per heavy atom. The maximum atomic E-state index is 12.6. The lowest BCUT2D eigenvalue weighted by atomic mass is 10.0. The van der Waals surface area contributed by atoms with Gasteiger partial charge in [-0.25, -0.2) is 4.98 Å². The number of anilines is 2. The number of hydrogen-bond donors (Lipinski definition) is 1. The maximum Gasteiger partial charge on any atom is 0.275 e. The van der Waals surface area contributed by atoms with Crippen LogP contribution in [0, 0.1) is 6.92 Å². The van der Waals surface area contributed by atoms with Crippen LogP contribution in [0.3, 0.4) is 0 Å². The molecule has 2 aliphatic heterocycles. The number of amides is 1. The van der Waals surface area contributed by atoms with Crippen LogP contribution in [0.15, 0.2) is 17.5 Å².